The van der Waals surface area contributed by atoms with Gasteiger partial charge in [-0.3, -0.25) is 4.68 Å². The first-order chi connectivity index (χ1) is 8.88. The zero-order valence-electron chi connectivity index (χ0n) is 13.0. The quantitative estimate of drug-likeness (QED) is 0.731. The molecule has 3 nitrogen and oxygen atoms in total. The lowest BCUT2D eigenvalue weighted by Gasteiger charge is -2.27. The van der Waals surface area contributed by atoms with Crippen molar-refractivity contribution in [3.8, 4) is 0 Å². The minimum atomic E-state index is 0.133. The molecule has 0 spiro atoms. The second-order valence-electron chi connectivity index (χ2n) is 6.30. The highest BCUT2D eigenvalue weighted by atomic mass is 79.9. The number of aromatic nitrogens is 2. The average Bonchev–Trinajstić information content (AvgIpc) is 2.67. The number of rotatable bonds is 8. The van der Waals surface area contributed by atoms with Gasteiger partial charge in [-0.15, -0.1) is 0 Å². The number of halogens is 1. The van der Waals surface area contributed by atoms with Gasteiger partial charge in [0.25, 0.3) is 0 Å². The Morgan fingerprint density at radius 3 is 2.68 bits per heavy atom. The molecule has 0 aliphatic carbocycles. The molecule has 0 aliphatic heterocycles. The first-order valence-electron chi connectivity index (χ1n) is 7.31. The molecule has 0 bridgehead atoms. The maximum absolute atomic E-state index is 4.48. The third kappa shape index (κ3) is 4.92. The number of nitrogens with one attached hydrogen (secondary N) is 1. The summed E-state index contributed by atoms with van der Waals surface area (Å²) < 4.78 is 3.28. The van der Waals surface area contributed by atoms with Crippen LogP contribution < -0.4 is 5.32 Å². The summed E-state index contributed by atoms with van der Waals surface area (Å²) in [4.78, 5) is 0. The predicted octanol–water partition coefficient (Wildman–Crippen LogP) is 3.97. The van der Waals surface area contributed by atoms with Crippen molar-refractivity contribution in [1.82, 2.24) is 15.1 Å². The van der Waals surface area contributed by atoms with Crippen molar-refractivity contribution < 1.29 is 0 Å². The van der Waals surface area contributed by atoms with E-state index < -0.39 is 0 Å². The Hall–Kier alpha value is -0.350. The van der Waals surface area contributed by atoms with Gasteiger partial charge in [-0.25, -0.2) is 0 Å². The molecule has 1 N–H and O–H groups in total. The van der Waals surface area contributed by atoms with Gasteiger partial charge in [0.05, 0.1) is 16.4 Å². The topological polar surface area (TPSA) is 29.9 Å². The van der Waals surface area contributed by atoms with Crippen LogP contribution in [0.3, 0.4) is 0 Å². The van der Waals surface area contributed by atoms with Gasteiger partial charge in [-0.2, -0.15) is 5.10 Å². The zero-order valence-corrected chi connectivity index (χ0v) is 14.5. The molecule has 1 aromatic rings. The molecule has 19 heavy (non-hydrogen) atoms. The molecule has 0 atom stereocenters. The summed E-state index contributed by atoms with van der Waals surface area (Å²) in [5, 5.41) is 8.01. The molecule has 0 unspecified atom stereocenters. The molecule has 1 heterocycles. The van der Waals surface area contributed by atoms with Gasteiger partial charge in [0.1, 0.15) is 0 Å². The van der Waals surface area contributed by atoms with Gasteiger partial charge in [0.2, 0.25) is 0 Å². The minimum absolute atomic E-state index is 0.133. The minimum Gasteiger partial charge on any atom is -0.316 e. The standard InChI is InChI=1S/C15H28BrN3/c1-6-9-19-14(13(16)11-18-19)15(4,5)7-8-17-10-12(2)3/h11-12,17H,6-10H2,1-5H3. The Labute approximate surface area is 126 Å². The van der Waals surface area contributed by atoms with Crippen molar-refractivity contribution in [3.05, 3.63) is 16.4 Å². The van der Waals surface area contributed by atoms with E-state index in [2.05, 4.69) is 65.6 Å². The number of nitrogens with zero attached hydrogens (tertiary/aromatic N) is 2. The number of hydrogen-bond donors (Lipinski definition) is 1. The Bertz CT molecular complexity index is 383. The van der Waals surface area contributed by atoms with E-state index >= 15 is 0 Å². The molecule has 0 saturated heterocycles. The van der Waals surface area contributed by atoms with Crippen LogP contribution in [0.1, 0.15) is 53.2 Å². The van der Waals surface area contributed by atoms with Crippen LogP contribution in [0.4, 0.5) is 0 Å². The average molecular weight is 330 g/mol. The monoisotopic (exact) mass is 329 g/mol. The summed E-state index contributed by atoms with van der Waals surface area (Å²) >= 11 is 3.65. The normalized spacial score (nSPS) is 12.4. The predicted molar refractivity (Wildman–Crippen MR) is 85.6 cm³/mol. The summed E-state index contributed by atoms with van der Waals surface area (Å²) in [6, 6.07) is 0. The second kappa shape index (κ2) is 7.44. The first kappa shape index (κ1) is 16.7. The van der Waals surface area contributed by atoms with Crippen molar-refractivity contribution >= 4 is 15.9 Å². The molecule has 4 heteroatoms. The van der Waals surface area contributed by atoms with E-state index in [-0.39, 0.29) is 5.41 Å². The molecule has 0 saturated carbocycles. The molecule has 1 rings (SSSR count). The fraction of sp³-hybridized carbons (Fsp3) is 0.800. The molecule has 0 amide bonds. The lowest BCUT2D eigenvalue weighted by molar-refractivity contribution is 0.402. The van der Waals surface area contributed by atoms with Crippen molar-refractivity contribution in [2.75, 3.05) is 13.1 Å². The van der Waals surface area contributed by atoms with Gasteiger partial charge in [-0.05, 0) is 47.8 Å². The van der Waals surface area contributed by atoms with Crippen LogP contribution in [0.5, 0.6) is 0 Å². The SMILES string of the molecule is CCCn1ncc(Br)c1C(C)(C)CCNCC(C)C. The Morgan fingerprint density at radius 2 is 2.11 bits per heavy atom. The van der Waals surface area contributed by atoms with Gasteiger partial charge in [-0.1, -0.05) is 34.6 Å². The summed E-state index contributed by atoms with van der Waals surface area (Å²) in [6.07, 6.45) is 4.16. The van der Waals surface area contributed by atoms with Crippen molar-refractivity contribution in [2.24, 2.45) is 5.92 Å². The van der Waals surface area contributed by atoms with Crippen molar-refractivity contribution in [1.29, 1.82) is 0 Å². The molecule has 110 valence electrons. The smallest absolute Gasteiger partial charge is 0.0635 e. The van der Waals surface area contributed by atoms with Gasteiger partial charge >= 0.3 is 0 Å². The Balaban J connectivity index is 2.67. The Kier molecular flexibility index (Phi) is 6.54. The summed E-state index contributed by atoms with van der Waals surface area (Å²) in [5.74, 6) is 0.709. The Morgan fingerprint density at radius 1 is 1.42 bits per heavy atom. The van der Waals surface area contributed by atoms with Crippen LogP contribution in [-0.4, -0.2) is 22.9 Å². The molecule has 0 aromatic carbocycles. The molecular formula is C15H28BrN3. The second-order valence-corrected chi connectivity index (χ2v) is 7.15. The highest BCUT2D eigenvalue weighted by molar-refractivity contribution is 9.10. The maximum atomic E-state index is 4.48. The molecule has 0 radical (unpaired) electrons. The van der Waals surface area contributed by atoms with E-state index in [9.17, 15) is 0 Å². The molecule has 0 aliphatic rings. The fourth-order valence-electron chi connectivity index (χ4n) is 2.33. The lowest BCUT2D eigenvalue weighted by Crippen LogP contribution is -2.30. The van der Waals surface area contributed by atoms with E-state index in [1.807, 2.05) is 6.20 Å². The third-order valence-electron chi connectivity index (χ3n) is 3.35. The van der Waals surface area contributed by atoms with Crippen LogP contribution in [0.15, 0.2) is 10.7 Å². The molecule has 1 aromatic heterocycles. The van der Waals surface area contributed by atoms with Gasteiger partial charge in [0, 0.05) is 12.0 Å². The van der Waals surface area contributed by atoms with E-state index in [0.29, 0.717) is 5.92 Å². The van der Waals surface area contributed by atoms with Crippen LogP contribution in [-0.2, 0) is 12.0 Å². The van der Waals surface area contributed by atoms with E-state index in [1.165, 1.54) is 5.69 Å². The van der Waals surface area contributed by atoms with Gasteiger partial charge in [0.15, 0.2) is 0 Å². The highest BCUT2D eigenvalue weighted by Crippen LogP contribution is 2.32. The largest absolute Gasteiger partial charge is 0.316 e. The maximum Gasteiger partial charge on any atom is 0.0635 e. The van der Waals surface area contributed by atoms with Crippen LogP contribution in [0.25, 0.3) is 0 Å². The number of hydrogen-bond acceptors (Lipinski definition) is 2. The van der Waals surface area contributed by atoms with Crippen LogP contribution in [0.2, 0.25) is 0 Å². The van der Waals surface area contributed by atoms with E-state index in [1.54, 1.807) is 0 Å². The van der Waals surface area contributed by atoms with E-state index in [4.69, 9.17) is 0 Å². The first-order valence-corrected chi connectivity index (χ1v) is 8.10. The van der Waals surface area contributed by atoms with Gasteiger partial charge < -0.3 is 5.32 Å². The fourth-order valence-corrected chi connectivity index (χ4v) is 3.16. The summed E-state index contributed by atoms with van der Waals surface area (Å²) in [5.41, 5.74) is 1.45. The van der Waals surface area contributed by atoms with Crippen molar-refractivity contribution in [3.63, 3.8) is 0 Å². The van der Waals surface area contributed by atoms with Crippen molar-refractivity contribution in [2.45, 2.75) is 59.4 Å². The zero-order chi connectivity index (χ0) is 14.5. The molecule has 0 fully saturated rings. The molecular weight excluding hydrogens is 302 g/mol. The number of aryl methyl sites for hydroxylation is 1. The van der Waals surface area contributed by atoms with Crippen LogP contribution in [0, 0.1) is 5.92 Å². The summed E-state index contributed by atoms with van der Waals surface area (Å²) in [7, 11) is 0. The third-order valence-corrected chi connectivity index (χ3v) is 3.93. The summed E-state index contributed by atoms with van der Waals surface area (Å²) in [6.45, 7) is 14.4. The van der Waals surface area contributed by atoms with E-state index in [0.717, 1.165) is 36.9 Å². The lowest BCUT2D eigenvalue weighted by atomic mass is 9.85. The highest BCUT2D eigenvalue weighted by Gasteiger charge is 2.27. The van der Waals surface area contributed by atoms with Crippen LogP contribution >= 0.6 is 15.9 Å².